The first-order chi connectivity index (χ1) is 8.74. The molecule has 0 saturated carbocycles. The molecule has 0 bridgehead atoms. The van der Waals surface area contributed by atoms with Crippen LogP contribution in [0.5, 0.6) is 0 Å². The average Bonchev–Trinajstić information content (AvgIpc) is 2.94. The first-order valence-electron chi connectivity index (χ1n) is 6.65. The van der Waals surface area contributed by atoms with Gasteiger partial charge in [0.15, 0.2) is 0 Å². The molecule has 2 unspecified atom stereocenters. The van der Waals surface area contributed by atoms with Gasteiger partial charge >= 0.3 is 0 Å². The molecule has 2 atom stereocenters. The zero-order chi connectivity index (χ0) is 12.5. The monoisotopic (exact) mass is 372 g/mol. The van der Waals surface area contributed by atoms with Crippen LogP contribution in [-0.4, -0.2) is 30.1 Å². The second-order valence-electron chi connectivity index (χ2n) is 5.27. The van der Waals surface area contributed by atoms with E-state index in [1.54, 1.807) is 0 Å². The van der Waals surface area contributed by atoms with Crippen molar-refractivity contribution in [1.29, 1.82) is 0 Å². The molecular formula is C14H18Br2N2. The van der Waals surface area contributed by atoms with Crippen LogP contribution in [0.4, 0.5) is 0 Å². The maximum absolute atomic E-state index is 3.74. The molecule has 1 N–H and O–H groups in total. The maximum atomic E-state index is 3.74. The fourth-order valence-corrected chi connectivity index (χ4v) is 3.89. The van der Waals surface area contributed by atoms with Crippen LogP contribution in [0.2, 0.25) is 0 Å². The lowest BCUT2D eigenvalue weighted by molar-refractivity contribution is 0.298. The van der Waals surface area contributed by atoms with Gasteiger partial charge in [0.25, 0.3) is 0 Å². The van der Waals surface area contributed by atoms with E-state index in [0.717, 1.165) is 21.5 Å². The van der Waals surface area contributed by atoms with Crippen LogP contribution in [0.3, 0.4) is 0 Å². The Bertz CT molecular complexity index is 436. The Labute approximate surface area is 125 Å². The standard InChI is InChI=1S/C14H18Br2N2/c15-11-4-3-10(8-12(11)16)9-17-13-5-7-18-6-1-2-14(13)18/h3-4,8,13-14,17H,1-2,5-7,9H2. The second kappa shape index (κ2) is 5.61. The lowest BCUT2D eigenvalue weighted by atomic mass is 10.1. The predicted octanol–water partition coefficient (Wildman–Crippen LogP) is 3.54. The zero-order valence-corrected chi connectivity index (χ0v) is 13.5. The summed E-state index contributed by atoms with van der Waals surface area (Å²) in [5, 5.41) is 3.74. The number of nitrogens with one attached hydrogen (secondary N) is 1. The minimum Gasteiger partial charge on any atom is -0.308 e. The number of hydrogen-bond acceptors (Lipinski definition) is 2. The minimum absolute atomic E-state index is 0.690. The van der Waals surface area contributed by atoms with Crippen LogP contribution >= 0.6 is 31.9 Å². The van der Waals surface area contributed by atoms with E-state index in [-0.39, 0.29) is 0 Å². The summed E-state index contributed by atoms with van der Waals surface area (Å²) >= 11 is 7.07. The molecule has 4 heteroatoms. The Kier molecular flexibility index (Phi) is 4.09. The van der Waals surface area contributed by atoms with Crippen molar-refractivity contribution in [3.8, 4) is 0 Å². The first-order valence-corrected chi connectivity index (χ1v) is 8.24. The van der Waals surface area contributed by atoms with Crippen molar-refractivity contribution in [2.75, 3.05) is 13.1 Å². The SMILES string of the molecule is Brc1ccc(CNC2CCN3CCCC23)cc1Br. The molecule has 0 spiro atoms. The summed E-state index contributed by atoms with van der Waals surface area (Å²) in [5.74, 6) is 0. The third kappa shape index (κ3) is 2.67. The average molecular weight is 374 g/mol. The van der Waals surface area contributed by atoms with Gasteiger partial charge in [0, 0.05) is 34.1 Å². The molecular weight excluding hydrogens is 356 g/mol. The third-order valence-corrected chi connectivity index (χ3v) is 6.04. The highest BCUT2D eigenvalue weighted by Gasteiger charge is 2.36. The van der Waals surface area contributed by atoms with Gasteiger partial charge in [0.1, 0.15) is 0 Å². The van der Waals surface area contributed by atoms with E-state index >= 15 is 0 Å². The van der Waals surface area contributed by atoms with Crippen LogP contribution in [-0.2, 0) is 6.54 Å². The van der Waals surface area contributed by atoms with E-state index in [0.29, 0.717) is 6.04 Å². The van der Waals surface area contributed by atoms with Crippen LogP contribution in [0, 0.1) is 0 Å². The minimum atomic E-state index is 0.690. The highest BCUT2D eigenvalue weighted by atomic mass is 79.9. The molecule has 3 rings (SSSR count). The highest BCUT2D eigenvalue weighted by Crippen LogP contribution is 2.28. The Morgan fingerprint density at radius 1 is 1.17 bits per heavy atom. The van der Waals surface area contributed by atoms with Crippen LogP contribution in [0.25, 0.3) is 0 Å². The zero-order valence-electron chi connectivity index (χ0n) is 10.3. The van der Waals surface area contributed by atoms with Crippen molar-refractivity contribution in [2.24, 2.45) is 0 Å². The molecule has 2 heterocycles. The molecule has 2 nitrogen and oxygen atoms in total. The summed E-state index contributed by atoms with van der Waals surface area (Å²) in [6, 6.07) is 7.97. The smallest absolute Gasteiger partial charge is 0.0320 e. The molecule has 1 aromatic carbocycles. The van der Waals surface area contributed by atoms with Gasteiger partial charge in [-0.3, -0.25) is 4.90 Å². The molecule has 0 radical (unpaired) electrons. The second-order valence-corrected chi connectivity index (χ2v) is 6.98. The van der Waals surface area contributed by atoms with Gasteiger partial charge in [-0.2, -0.15) is 0 Å². The largest absolute Gasteiger partial charge is 0.308 e. The number of halogens is 2. The fourth-order valence-electron chi connectivity index (χ4n) is 3.22. The van der Waals surface area contributed by atoms with Gasteiger partial charge in [0.05, 0.1) is 0 Å². The topological polar surface area (TPSA) is 15.3 Å². The first kappa shape index (κ1) is 13.1. The van der Waals surface area contributed by atoms with Gasteiger partial charge in [-0.05, 0) is 75.4 Å². The van der Waals surface area contributed by atoms with Gasteiger partial charge in [-0.15, -0.1) is 0 Å². The van der Waals surface area contributed by atoms with E-state index in [2.05, 4.69) is 60.3 Å². The lowest BCUT2D eigenvalue weighted by Crippen LogP contribution is -2.38. The molecule has 1 aromatic rings. The van der Waals surface area contributed by atoms with Crippen molar-refractivity contribution in [1.82, 2.24) is 10.2 Å². The molecule has 0 aliphatic carbocycles. The number of fused-ring (bicyclic) bond motifs is 1. The van der Waals surface area contributed by atoms with Crippen LogP contribution in [0.1, 0.15) is 24.8 Å². The summed E-state index contributed by atoms with van der Waals surface area (Å²) in [7, 11) is 0. The van der Waals surface area contributed by atoms with Crippen molar-refractivity contribution < 1.29 is 0 Å². The molecule has 0 amide bonds. The Morgan fingerprint density at radius 2 is 2.06 bits per heavy atom. The van der Waals surface area contributed by atoms with E-state index in [1.165, 1.54) is 37.9 Å². The molecule has 18 heavy (non-hydrogen) atoms. The summed E-state index contributed by atoms with van der Waals surface area (Å²) in [5.41, 5.74) is 1.35. The van der Waals surface area contributed by atoms with Crippen molar-refractivity contribution in [3.63, 3.8) is 0 Å². The molecule has 2 fully saturated rings. The molecule has 2 aliphatic rings. The van der Waals surface area contributed by atoms with E-state index < -0.39 is 0 Å². The predicted molar refractivity (Wildman–Crippen MR) is 81.7 cm³/mol. The van der Waals surface area contributed by atoms with E-state index in [4.69, 9.17) is 0 Å². The van der Waals surface area contributed by atoms with Gasteiger partial charge in [0.2, 0.25) is 0 Å². The Hall–Kier alpha value is 0.1000. The summed E-state index contributed by atoms with van der Waals surface area (Å²) < 4.78 is 2.25. The van der Waals surface area contributed by atoms with E-state index in [9.17, 15) is 0 Å². The van der Waals surface area contributed by atoms with E-state index in [1.807, 2.05) is 0 Å². The summed E-state index contributed by atoms with van der Waals surface area (Å²) in [4.78, 5) is 2.65. The molecule has 2 saturated heterocycles. The summed E-state index contributed by atoms with van der Waals surface area (Å²) in [6.45, 7) is 3.57. The van der Waals surface area contributed by atoms with Gasteiger partial charge in [-0.1, -0.05) is 6.07 Å². The number of nitrogens with zero attached hydrogens (tertiary/aromatic N) is 1. The highest BCUT2D eigenvalue weighted by molar-refractivity contribution is 9.13. The number of benzene rings is 1. The summed E-state index contributed by atoms with van der Waals surface area (Å²) in [6.07, 6.45) is 4.07. The fraction of sp³-hybridized carbons (Fsp3) is 0.571. The molecule has 0 aromatic heterocycles. The lowest BCUT2D eigenvalue weighted by Gasteiger charge is -2.21. The molecule has 2 aliphatic heterocycles. The van der Waals surface area contributed by atoms with Gasteiger partial charge < -0.3 is 5.32 Å². The molecule has 98 valence electrons. The van der Waals surface area contributed by atoms with Crippen molar-refractivity contribution in [2.45, 2.75) is 37.9 Å². The quantitative estimate of drug-likeness (QED) is 0.871. The van der Waals surface area contributed by atoms with Crippen molar-refractivity contribution in [3.05, 3.63) is 32.7 Å². The van der Waals surface area contributed by atoms with Crippen LogP contribution in [0.15, 0.2) is 27.1 Å². The third-order valence-electron chi connectivity index (χ3n) is 4.16. The normalized spacial score (nSPS) is 27.7. The van der Waals surface area contributed by atoms with Crippen molar-refractivity contribution >= 4 is 31.9 Å². The number of hydrogen-bond donors (Lipinski definition) is 1. The Morgan fingerprint density at radius 3 is 2.89 bits per heavy atom. The van der Waals surface area contributed by atoms with Crippen LogP contribution < -0.4 is 5.32 Å². The maximum Gasteiger partial charge on any atom is 0.0320 e. The van der Waals surface area contributed by atoms with Gasteiger partial charge in [-0.25, -0.2) is 0 Å². The Balaban J connectivity index is 1.59. The number of rotatable bonds is 3.